The van der Waals surface area contributed by atoms with Crippen molar-refractivity contribution in [3.8, 4) is 0 Å². The van der Waals surface area contributed by atoms with E-state index in [0.717, 1.165) is 32.0 Å². The molecule has 1 N–H and O–H groups in total. The molecule has 2 rings (SSSR count). The fourth-order valence-corrected chi connectivity index (χ4v) is 2.95. The van der Waals surface area contributed by atoms with Crippen molar-refractivity contribution in [2.24, 2.45) is 10.9 Å². The van der Waals surface area contributed by atoms with E-state index in [0.29, 0.717) is 25.7 Å². The molecule has 1 saturated heterocycles. The molecule has 1 atom stereocenters. The van der Waals surface area contributed by atoms with E-state index in [-0.39, 0.29) is 0 Å². The first-order valence-corrected chi connectivity index (χ1v) is 8.39. The highest BCUT2D eigenvalue weighted by Gasteiger charge is 2.24. The summed E-state index contributed by atoms with van der Waals surface area (Å²) in [6, 6.07) is 10.7. The van der Waals surface area contributed by atoms with Crippen molar-refractivity contribution in [2.45, 2.75) is 12.8 Å². The summed E-state index contributed by atoms with van der Waals surface area (Å²) < 4.78 is 10.4. The van der Waals surface area contributed by atoms with Crippen molar-refractivity contribution in [3.63, 3.8) is 0 Å². The molecule has 5 nitrogen and oxygen atoms in total. The molecule has 1 aliphatic rings. The smallest absolute Gasteiger partial charge is 0.193 e. The molecule has 5 heteroatoms. The van der Waals surface area contributed by atoms with E-state index in [2.05, 4.69) is 45.5 Å². The molecule has 0 aliphatic carbocycles. The number of guanidine groups is 1. The Hall–Kier alpha value is -1.59. The van der Waals surface area contributed by atoms with Gasteiger partial charge in [0.25, 0.3) is 0 Å². The van der Waals surface area contributed by atoms with Crippen molar-refractivity contribution < 1.29 is 9.47 Å². The van der Waals surface area contributed by atoms with Crippen LogP contribution in [-0.4, -0.2) is 64.5 Å². The Morgan fingerprint density at radius 2 is 2.09 bits per heavy atom. The second-order valence-corrected chi connectivity index (χ2v) is 5.87. The van der Waals surface area contributed by atoms with Gasteiger partial charge in [-0.3, -0.25) is 4.99 Å². The van der Waals surface area contributed by atoms with Crippen LogP contribution in [0.1, 0.15) is 12.0 Å². The Kier molecular flexibility index (Phi) is 7.90. The highest BCUT2D eigenvalue weighted by molar-refractivity contribution is 5.80. The zero-order valence-electron chi connectivity index (χ0n) is 14.3. The molecule has 0 aromatic heterocycles. The van der Waals surface area contributed by atoms with Gasteiger partial charge in [-0.05, 0) is 24.3 Å². The highest BCUT2D eigenvalue weighted by atomic mass is 16.5. The van der Waals surface area contributed by atoms with Crippen LogP contribution >= 0.6 is 0 Å². The zero-order chi connectivity index (χ0) is 16.3. The lowest BCUT2D eigenvalue weighted by Crippen LogP contribution is -2.41. The number of hydrogen-bond acceptors (Lipinski definition) is 3. The molecule has 0 saturated carbocycles. The van der Waals surface area contributed by atoms with Crippen molar-refractivity contribution in [1.82, 2.24) is 10.2 Å². The molecule has 1 aromatic rings. The van der Waals surface area contributed by atoms with E-state index in [9.17, 15) is 0 Å². The predicted molar refractivity (Wildman–Crippen MR) is 93.9 cm³/mol. The van der Waals surface area contributed by atoms with Crippen LogP contribution in [0.25, 0.3) is 0 Å². The third kappa shape index (κ3) is 6.20. The molecule has 0 radical (unpaired) electrons. The summed E-state index contributed by atoms with van der Waals surface area (Å²) in [5, 5.41) is 3.38. The van der Waals surface area contributed by atoms with Crippen LogP contribution in [0.3, 0.4) is 0 Å². The number of likely N-dealkylation sites (tertiary alicyclic amines) is 1. The van der Waals surface area contributed by atoms with E-state index in [4.69, 9.17) is 9.47 Å². The average molecular weight is 319 g/mol. The first kappa shape index (κ1) is 17.8. The molecule has 1 aromatic carbocycles. The topological polar surface area (TPSA) is 46.1 Å². The van der Waals surface area contributed by atoms with Gasteiger partial charge in [0, 0.05) is 33.8 Å². The Morgan fingerprint density at radius 3 is 2.83 bits per heavy atom. The molecule has 1 aliphatic heterocycles. The summed E-state index contributed by atoms with van der Waals surface area (Å²) in [5.74, 6) is 1.69. The fraction of sp³-hybridized carbons (Fsp3) is 0.611. The van der Waals surface area contributed by atoms with E-state index in [1.54, 1.807) is 7.11 Å². The largest absolute Gasteiger partial charge is 0.382 e. The number of rotatable bonds is 8. The molecule has 0 bridgehead atoms. The minimum absolute atomic E-state index is 0.639. The molecule has 0 amide bonds. The van der Waals surface area contributed by atoms with E-state index >= 15 is 0 Å². The van der Waals surface area contributed by atoms with Crippen molar-refractivity contribution >= 4 is 5.96 Å². The van der Waals surface area contributed by atoms with Gasteiger partial charge in [-0.1, -0.05) is 30.3 Å². The quantitative estimate of drug-likeness (QED) is 0.451. The normalized spacial score (nSPS) is 18.4. The summed E-state index contributed by atoms with van der Waals surface area (Å²) >= 11 is 0. The maximum Gasteiger partial charge on any atom is 0.193 e. The van der Waals surface area contributed by atoms with Gasteiger partial charge in [-0.2, -0.15) is 0 Å². The van der Waals surface area contributed by atoms with Gasteiger partial charge in [0.05, 0.1) is 19.8 Å². The van der Waals surface area contributed by atoms with Crippen LogP contribution in [0.4, 0.5) is 0 Å². The number of hydrogen-bond donors (Lipinski definition) is 1. The van der Waals surface area contributed by atoms with Gasteiger partial charge in [0.1, 0.15) is 0 Å². The monoisotopic (exact) mass is 319 g/mol. The first-order chi connectivity index (χ1) is 11.3. The van der Waals surface area contributed by atoms with Crippen LogP contribution in [0.15, 0.2) is 35.3 Å². The van der Waals surface area contributed by atoms with Crippen LogP contribution in [0.2, 0.25) is 0 Å². The summed E-state index contributed by atoms with van der Waals surface area (Å²) in [6.45, 7) is 4.86. The van der Waals surface area contributed by atoms with E-state index in [1.807, 2.05) is 7.05 Å². The lowest BCUT2D eigenvalue weighted by atomic mass is 9.99. The van der Waals surface area contributed by atoms with Gasteiger partial charge < -0.3 is 19.7 Å². The number of nitrogens with one attached hydrogen (secondary N) is 1. The highest BCUT2D eigenvalue weighted by Crippen LogP contribution is 2.20. The van der Waals surface area contributed by atoms with Crippen LogP contribution < -0.4 is 5.32 Å². The standard InChI is InChI=1S/C18H29N3O2/c1-19-18(20-9-11-23-13-12-22-2)21-10-8-17(15-21)14-16-6-4-3-5-7-16/h3-7,17H,8-15H2,1-2H3,(H,19,20). The third-order valence-corrected chi connectivity index (χ3v) is 4.13. The minimum Gasteiger partial charge on any atom is -0.382 e. The molecule has 23 heavy (non-hydrogen) atoms. The van der Waals surface area contributed by atoms with Gasteiger partial charge in [-0.15, -0.1) is 0 Å². The molecule has 128 valence electrons. The number of nitrogens with zero attached hydrogens (tertiary/aromatic N) is 2. The summed E-state index contributed by atoms with van der Waals surface area (Å²) in [7, 11) is 3.53. The average Bonchev–Trinajstić information content (AvgIpc) is 3.03. The SMILES string of the molecule is CN=C(NCCOCCOC)N1CCC(Cc2ccccc2)C1. The molecular weight excluding hydrogens is 290 g/mol. The summed E-state index contributed by atoms with van der Waals surface area (Å²) in [5.41, 5.74) is 1.42. The minimum atomic E-state index is 0.639. The Balaban J connectivity index is 1.69. The van der Waals surface area contributed by atoms with Crippen molar-refractivity contribution in [2.75, 3.05) is 53.6 Å². The zero-order valence-corrected chi connectivity index (χ0v) is 14.3. The molecular formula is C18H29N3O2. The summed E-state index contributed by atoms with van der Waals surface area (Å²) in [4.78, 5) is 6.75. The Labute approximate surface area is 139 Å². The maximum atomic E-state index is 5.47. The maximum absolute atomic E-state index is 5.47. The molecule has 1 fully saturated rings. The number of ether oxygens (including phenoxy) is 2. The molecule has 1 unspecified atom stereocenters. The van der Waals surface area contributed by atoms with Gasteiger partial charge in [0.15, 0.2) is 5.96 Å². The molecule has 0 spiro atoms. The lowest BCUT2D eigenvalue weighted by molar-refractivity contribution is 0.0731. The second kappa shape index (κ2) is 10.2. The van der Waals surface area contributed by atoms with Crippen molar-refractivity contribution in [3.05, 3.63) is 35.9 Å². The van der Waals surface area contributed by atoms with Crippen molar-refractivity contribution in [1.29, 1.82) is 0 Å². The third-order valence-electron chi connectivity index (χ3n) is 4.13. The van der Waals surface area contributed by atoms with Crippen LogP contribution in [0, 0.1) is 5.92 Å². The molecule has 1 heterocycles. The van der Waals surface area contributed by atoms with Gasteiger partial charge >= 0.3 is 0 Å². The van der Waals surface area contributed by atoms with Gasteiger partial charge in [-0.25, -0.2) is 0 Å². The Bertz CT molecular complexity index is 465. The summed E-state index contributed by atoms with van der Waals surface area (Å²) in [6.07, 6.45) is 2.37. The lowest BCUT2D eigenvalue weighted by Gasteiger charge is -2.21. The van der Waals surface area contributed by atoms with Crippen LogP contribution in [-0.2, 0) is 15.9 Å². The van der Waals surface area contributed by atoms with Crippen LogP contribution in [0.5, 0.6) is 0 Å². The fourth-order valence-electron chi connectivity index (χ4n) is 2.95. The number of aliphatic imine (C=N–C) groups is 1. The number of methoxy groups -OCH3 is 1. The Morgan fingerprint density at radius 1 is 1.26 bits per heavy atom. The van der Waals surface area contributed by atoms with Gasteiger partial charge in [0.2, 0.25) is 0 Å². The second-order valence-electron chi connectivity index (χ2n) is 5.87. The first-order valence-electron chi connectivity index (χ1n) is 8.39. The van der Waals surface area contributed by atoms with E-state index < -0.39 is 0 Å². The predicted octanol–water partition coefficient (Wildman–Crippen LogP) is 1.79. The van der Waals surface area contributed by atoms with E-state index in [1.165, 1.54) is 12.0 Å². The number of benzene rings is 1.